The van der Waals surface area contributed by atoms with Crippen LogP contribution < -0.4 is 5.73 Å². The molecule has 2 atom stereocenters. The van der Waals surface area contributed by atoms with Crippen LogP contribution in [0.5, 0.6) is 0 Å². The molecular weight excluding hydrogens is 265 g/mol. The predicted molar refractivity (Wildman–Crippen MR) is 76.5 cm³/mol. The molecule has 5 heteroatoms. The number of halogens is 1. The Balaban J connectivity index is 2.75. The van der Waals surface area contributed by atoms with Gasteiger partial charge in [0.2, 0.25) is 0 Å². The number of carbonyl (C=O) groups excluding carboxylic acids is 1. The molecule has 0 amide bonds. The fraction of sp³-hybridized carbons (Fsp3) is 0.500. The van der Waals surface area contributed by atoms with Crippen molar-refractivity contribution in [2.75, 3.05) is 12.4 Å². The first-order valence-electron chi connectivity index (χ1n) is 6.36. The van der Waals surface area contributed by atoms with Crippen LogP contribution in [0.2, 0.25) is 0 Å². The zero-order valence-electron chi connectivity index (χ0n) is 11.3. The summed E-state index contributed by atoms with van der Waals surface area (Å²) in [6.45, 7) is 4.11. The molecule has 0 radical (unpaired) electrons. The van der Waals surface area contributed by atoms with Gasteiger partial charge in [-0.2, -0.15) is 0 Å². The van der Waals surface area contributed by atoms with Crippen LogP contribution in [0.15, 0.2) is 24.3 Å². The second-order valence-corrected chi connectivity index (χ2v) is 5.29. The van der Waals surface area contributed by atoms with Gasteiger partial charge >= 0.3 is 5.97 Å². The third kappa shape index (κ3) is 5.20. The highest BCUT2D eigenvalue weighted by atomic mass is 32.2. The van der Waals surface area contributed by atoms with E-state index in [0.29, 0.717) is 6.61 Å². The minimum Gasteiger partial charge on any atom is -0.465 e. The SMILES string of the molecule is CCOC(=O)CSC(c1cccc(F)c1)C(N)CC. The quantitative estimate of drug-likeness (QED) is 0.783. The Morgan fingerprint density at radius 1 is 1.47 bits per heavy atom. The fourth-order valence-electron chi connectivity index (χ4n) is 1.73. The van der Waals surface area contributed by atoms with Crippen molar-refractivity contribution in [1.29, 1.82) is 0 Å². The van der Waals surface area contributed by atoms with Crippen LogP contribution in [0.25, 0.3) is 0 Å². The molecule has 0 bridgehead atoms. The Kier molecular flexibility index (Phi) is 6.87. The Hall–Kier alpha value is -1.07. The van der Waals surface area contributed by atoms with Crippen molar-refractivity contribution >= 4 is 17.7 Å². The van der Waals surface area contributed by atoms with Crippen LogP contribution in [0.3, 0.4) is 0 Å². The lowest BCUT2D eigenvalue weighted by Crippen LogP contribution is -2.26. The summed E-state index contributed by atoms with van der Waals surface area (Å²) in [5.74, 6) is -0.331. The molecule has 0 aliphatic carbocycles. The van der Waals surface area contributed by atoms with E-state index in [4.69, 9.17) is 10.5 Å². The second-order valence-electron chi connectivity index (χ2n) is 4.16. The van der Waals surface area contributed by atoms with E-state index in [2.05, 4.69) is 0 Å². The zero-order chi connectivity index (χ0) is 14.3. The maximum Gasteiger partial charge on any atom is 0.315 e. The van der Waals surface area contributed by atoms with E-state index in [9.17, 15) is 9.18 Å². The average Bonchev–Trinajstić information content (AvgIpc) is 2.39. The van der Waals surface area contributed by atoms with Gasteiger partial charge in [0, 0.05) is 11.3 Å². The van der Waals surface area contributed by atoms with Crippen molar-refractivity contribution in [3.05, 3.63) is 35.6 Å². The first-order chi connectivity index (χ1) is 9.08. The summed E-state index contributed by atoms with van der Waals surface area (Å²) in [5, 5.41) is -0.106. The maximum atomic E-state index is 13.3. The lowest BCUT2D eigenvalue weighted by molar-refractivity contribution is -0.139. The number of nitrogens with two attached hydrogens (primary N) is 1. The summed E-state index contributed by atoms with van der Waals surface area (Å²) >= 11 is 1.40. The highest BCUT2D eigenvalue weighted by Crippen LogP contribution is 2.32. The van der Waals surface area contributed by atoms with E-state index in [-0.39, 0.29) is 28.8 Å². The van der Waals surface area contributed by atoms with E-state index in [1.807, 2.05) is 13.0 Å². The molecular formula is C14H20FNO2S. The van der Waals surface area contributed by atoms with Crippen molar-refractivity contribution in [3.63, 3.8) is 0 Å². The first kappa shape index (κ1) is 16.0. The number of rotatable bonds is 7. The largest absolute Gasteiger partial charge is 0.465 e. The van der Waals surface area contributed by atoms with Gasteiger partial charge in [-0.15, -0.1) is 11.8 Å². The molecule has 0 heterocycles. The van der Waals surface area contributed by atoms with Gasteiger partial charge in [-0.25, -0.2) is 4.39 Å². The molecule has 0 aromatic heterocycles. The smallest absolute Gasteiger partial charge is 0.315 e. The molecule has 0 aliphatic heterocycles. The molecule has 0 aliphatic rings. The summed E-state index contributed by atoms with van der Waals surface area (Å²) in [5.41, 5.74) is 6.87. The number of hydrogen-bond donors (Lipinski definition) is 1. The molecule has 106 valence electrons. The van der Waals surface area contributed by atoms with Crippen molar-refractivity contribution in [2.24, 2.45) is 5.73 Å². The summed E-state index contributed by atoms with van der Waals surface area (Å²) in [7, 11) is 0. The molecule has 0 spiro atoms. The molecule has 2 unspecified atom stereocenters. The van der Waals surface area contributed by atoms with Gasteiger partial charge in [0.05, 0.1) is 12.4 Å². The van der Waals surface area contributed by atoms with E-state index in [1.165, 1.54) is 23.9 Å². The summed E-state index contributed by atoms with van der Waals surface area (Å²) in [6, 6.07) is 6.24. The van der Waals surface area contributed by atoms with Crippen LogP contribution in [0.4, 0.5) is 4.39 Å². The van der Waals surface area contributed by atoms with E-state index in [0.717, 1.165) is 12.0 Å². The van der Waals surface area contributed by atoms with Crippen LogP contribution >= 0.6 is 11.8 Å². The van der Waals surface area contributed by atoms with Crippen molar-refractivity contribution in [1.82, 2.24) is 0 Å². The summed E-state index contributed by atoms with van der Waals surface area (Å²) < 4.78 is 18.2. The average molecular weight is 285 g/mol. The molecule has 0 fully saturated rings. The van der Waals surface area contributed by atoms with Gasteiger partial charge in [0.25, 0.3) is 0 Å². The number of esters is 1. The minimum absolute atomic E-state index is 0.106. The Morgan fingerprint density at radius 3 is 2.79 bits per heavy atom. The number of hydrogen-bond acceptors (Lipinski definition) is 4. The Bertz CT molecular complexity index is 414. The summed E-state index contributed by atoms with van der Waals surface area (Å²) in [6.07, 6.45) is 0.761. The molecule has 2 N–H and O–H groups in total. The standard InChI is InChI=1S/C14H20FNO2S/c1-3-12(16)14(19-9-13(17)18-4-2)10-6-5-7-11(15)8-10/h5-8,12,14H,3-4,9,16H2,1-2H3. The fourth-order valence-corrected chi connectivity index (χ4v) is 2.90. The van der Waals surface area contributed by atoms with Crippen molar-refractivity contribution in [3.8, 4) is 0 Å². The van der Waals surface area contributed by atoms with E-state index in [1.54, 1.807) is 13.0 Å². The number of thioether (sulfide) groups is 1. The highest BCUT2D eigenvalue weighted by molar-refractivity contribution is 8.00. The lowest BCUT2D eigenvalue weighted by atomic mass is 10.0. The van der Waals surface area contributed by atoms with E-state index < -0.39 is 0 Å². The minimum atomic E-state index is -0.289. The summed E-state index contributed by atoms with van der Waals surface area (Å²) in [4.78, 5) is 11.4. The molecule has 0 saturated carbocycles. The van der Waals surface area contributed by atoms with Gasteiger partial charge in [-0.05, 0) is 31.0 Å². The van der Waals surface area contributed by atoms with Crippen LogP contribution in [0, 0.1) is 5.82 Å². The molecule has 1 aromatic rings. The zero-order valence-corrected chi connectivity index (χ0v) is 12.1. The molecule has 19 heavy (non-hydrogen) atoms. The van der Waals surface area contributed by atoms with Gasteiger partial charge in [-0.1, -0.05) is 19.1 Å². The molecule has 1 aromatic carbocycles. The Morgan fingerprint density at radius 2 is 2.21 bits per heavy atom. The van der Waals surface area contributed by atoms with Gasteiger partial charge in [0.15, 0.2) is 0 Å². The Labute approximate surface area is 117 Å². The topological polar surface area (TPSA) is 52.3 Å². The number of benzene rings is 1. The maximum absolute atomic E-state index is 13.3. The van der Waals surface area contributed by atoms with Crippen molar-refractivity contribution in [2.45, 2.75) is 31.6 Å². The molecule has 3 nitrogen and oxygen atoms in total. The third-order valence-corrected chi connectivity index (χ3v) is 4.11. The van der Waals surface area contributed by atoms with Gasteiger partial charge in [-0.3, -0.25) is 4.79 Å². The number of carbonyl (C=O) groups is 1. The second kappa shape index (κ2) is 8.17. The van der Waals surface area contributed by atoms with Crippen LogP contribution in [-0.2, 0) is 9.53 Å². The van der Waals surface area contributed by atoms with Crippen LogP contribution in [0.1, 0.15) is 31.1 Å². The predicted octanol–water partition coefficient (Wildman–Crippen LogP) is 2.90. The lowest BCUT2D eigenvalue weighted by Gasteiger charge is -2.22. The monoisotopic (exact) mass is 285 g/mol. The normalized spacial score (nSPS) is 13.9. The first-order valence-corrected chi connectivity index (χ1v) is 7.41. The number of ether oxygens (including phenoxy) is 1. The van der Waals surface area contributed by atoms with Crippen LogP contribution in [-0.4, -0.2) is 24.4 Å². The van der Waals surface area contributed by atoms with Gasteiger partial charge < -0.3 is 10.5 Å². The van der Waals surface area contributed by atoms with E-state index >= 15 is 0 Å². The molecule has 0 saturated heterocycles. The third-order valence-electron chi connectivity index (χ3n) is 2.72. The molecule has 1 rings (SSSR count). The van der Waals surface area contributed by atoms with Crippen molar-refractivity contribution < 1.29 is 13.9 Å². The van der Waals surface area contributed by atoms with Gasteiger partial charge in [0.1, 0.15) is 5.82 Å². The highest BCUT2D eigenvalue weighted by Gasteiger charge is 2.21.